The first-order chi connectivity index (χ1) is 17.3. The molecule has 0 unspecified atom stereocenters. The van der Waals surface area contributed by atoms with Gasteiger partial charge in [-0.15, -0.1) is 0 Å². The number of aromatic nitrogens is 2. The Morgan fingerprint density at radius 1 is 1.06 bits per heavy atom. The third-order valence-corrected chi connectivity index (χ3v) is 6.46. The average Bonchev–Trinajstić information content (AvgIpc) is 2.87. The lowest BCUT2D eigenvalue weighted by Crippen LogP contribution is -2.22. The van der Waals surface area contributed by atoms with Gasteiger partial charge < -0.3 is 14.2 Å². The summed E-state index contributed by atoms with van der Waals surface area (Å²) < 4.78 is 19.2. The molecular formula is C26H22BrCl2N3O4. The summed E-state index contributed by atoms with van der Waals surface area (Å²) in [6.45, 7) is 2.10. The molecule has 0 saturated carbocycles. The SMILES string of the molecule is CCc1nc2ccc(Br)cc2c(=O)n1N=Cc1cc(OC)c(OCc2ccc(Cl)cc2Cl)c(OC)c1. The molecule has 4 rings (SSSR count). The van der Waals surface area contributed by atoms with Crippen molar-refractivity contribution < 1.29 is 14.2 Å². The molecule has 10 heteroatoms. The van der Waals surface area contributed by atoms with Gasteiger partial charge in [0.25, 0.3) is 5.56 Å². The van der Waals surface area contributed by atoms with Crippen LogP contribution in [0.3, 0.4) is 0 Å². The Balaban J connectivity index is 1.69. The molecule has 1 aromatic heterocycles. The lowest BCUT2D eigenvalue weighted by atomic mass is 10.2. The number of hydrogen-bond donors (Lipinski definition) is 0. The van der Waals surface area contributed by atoms with E-state index in [1.54, 1.807) is 48.7 Å². The maximum Gasteiger partial charge on any atom is 0.282 e. The van der Waals surface area contributed by atoms with E-state index in [1.807, 2.05) is 13.0 Å². The molecular weight excluding hydrogens is 569 g/mol. The zero-order valence-corrected chi connectivity index (χ0v) is 22.8. The first-order valence-electron chi connectivity index (χ1n) is 10.9. The van der Waals surface area contributed by atoms with E-state index in [4.69, 9.17) is 37.4 Å². The molecule has 186 valence electrons. The van der Waals surface area contributed by atoms with Crippen molar-refractivity contribution >= 4 is 56.2 Å². The molecule has 3 aromatic carbocycles. The van der Waals surface area contributed by atoms with Gasteiger partial charge in [-0.05, 0) is 42.5 Å². The molecule has 0 atom stereocenters. The Bertz CT molecular complexity index is 1500. The van der Waals surface area contributed by atoms with Crippen molar-refractivity contribution in [1.29, 1.82) is 0 Å². The van der Waals surface area contributed by atoms with Gasteiger partial charge in [0.05, 0.1) is 31.3 Å². The molecule has 0 saturated heterocycles. The minimum atomic E-state index is -0.256. The van der Waals surface area contributed by atoms with E-state index < -0.39 is 0 Å². The zero-order chi connectivity index (χ0) is 25.8. The summed E-state index contributed by atoms with van der Waals surface area (Å²) in [5.41, 5.74) is 1.77. The van der Waals surface area contributed by atoms with Crippen LogP contribution in [0.15, 0.2) is 62.9 Å². The summed E-state index contributed by atoms with van der Waals surface area (Å²) in [5, 5.41) is 5.95. The molecule has 0 aliphatic carbocycles. The highest BCUT2D eigenvalue weighted by Crippen LogP contribution is 2.39. The zero-order valence-electron chi connectivity index (χ0n) is 19.7. The number of nitrogens with zero attached hydrogens (tertiary/aromatic N) is 3. The quantitative estimate of drug-likeness (QED) is 0.219. The van der Waals surface area contributed by atoms with Gasteiger partial charge in [0.2, 0.25) is 5.75 Å². The van der Waals surface area contributed by atoms with Gasteiger partial charge in [0, 0.05) is 32.1 Å². The van der Waals surface area contributed by atoms with Gasteiger partial charge in [0.15, 0.2) is 11.5 Å². The molecule has 0 N–H and O–H groups in total. The molecule has 0 fully saturated rings. The highest BCUT2D eigenvalue weighted by Gasteiger charge is 2.16. The lowest BCUT2D eigenvalue weighted by Gasteiger charge is -2.16. The van der Waals surface area contributed by atoms with Crippen LogP contribution in [0.1, 0.15) is 23.9 Å². The van der Waals surface area contributed by atoms with E-state index in [0.717, 1.165) is 10.0 Å². The first-order valence-corrected chi connectivity index (χ1v) is 12.5. The van der Waals surface area contributed by atoms with Crippen molar-refractivity contribution in [2.24, 2.45) is 5.10 Å². The van der Waals surface area contributed by atoms with Gasteiger partial charge >= 0.3 is 0 Å². The number of rotatable bonds is 8. The Hall–Kier alpha value is -3.07. The molecule has 0 aliphatic rings. The minimum absolute atomic E-state index is 0.184. The second-order valence-electron chi connectivity index (χ2n) is 7.68. The number of fused-ring (bicyclic) bond motifs is 1. The second kappa shape index (κ2) is 11.3. The molecule has 0 spiro atoms. The van der Waals surface area contributed by atoms with Crippen LogP contribution in [0.2, 0.25) is 10.0 Å². The van der Waals surface area contributed by atoms with Crippen LogP contribution in [-0.4, -0.2) is 30.1 Å². The van der Waals surface area contributed by atoms with Crippen molar-refractivity contribution in [3.8, 4) is 17.2 Å². The van der Waals surface area contributed by atoms with Crippen LogP contribution in [-0.2, 0) is 13.0 Å². The van der Waals surface area contributed by atoms with E-state index >= 15 is 0 Å². The van der Waals surface area contributed by atoms with Gasteiger partial charge in [-0.1, -0.05) is 52.1 Å². The molecule has 0 aliphatic heterocycles. The van der Waals surface area contributed by atoms with Crippen LogP contribution in [0.5, 0.6) is 17.2 Å². The molecule has 1 heterocycles. The van der Waals surface area contributed by atoms with Gasteiger partial charge in [-0.2, -0.15) is 9.78 Å². The van der Waals surface area contributed by atoms with E-state index in [1.165, 1.54) is 18.9 Å². The lowest BCUT2D eigenvalue weighted by molar-refractivity contribution is 0.266. The van der Waals surface area contributed by atoms with Crippen LogP contribution in [0, 0.1) is 0 Å². The standard InChI is InChI=1S/C26H22BrCl2N3O4/c1-4-24-31-21-8-6-17(27)11-19(21)26(33)32(24)30-13-15-9-22(34-2)25(23(10-15)35-3)36-14-16-5-7-18(28)12-20(16)29/h5-13H,4,14H2,1-3H3. The Labute approximate surface area is 226 Å². The summed E-state index contributed by atoms with van der Waals surface area (Å²) in [4.78, 5) is 17.7. The summed E-state index contributed by atoms with van der Waals surface area (Å²) in [6.07, 6.45) is 2.09. The van der Waals surface area contributed by atoms with E-state index in [0.29, 0.717) is 56.0 Å². The van der Waals surface area contributed by atoms with E-state index in [-0.39, 0.29) is 12.2 Å². The highest BCUT2D eigenvalue weighted by atomic mass is 79.9. The summed E-state index contributed by atoms with van der Waals surface area (Å²) in [5.74, 6) is 1.82. The number of benzene rings is 3. The van der Waals surface area contributed by atoms with Crippen molar-refractivity contribution in [2.75, 3.05) is 14.2 Å². The summed E-state index contributed by atoms with van der Waals surface area (Å²) in [6, 6.07) is 14.1. The van der Waals surface area contributed by atoms with Crippen LogP contribution >= 0.6 is 39.1 Å². The minimum Gasteiger partial charge on any atom is -0.493 e. The fraction of sp³-hybridized carbons (Fsp3) is 0.192. The number of ether oxygens (including phenoxy) is 3. The van der Waals surface area contributed by atoms with Crippen molar-refractivity contribution in [3.63, 3.8) is 0 Å². The van der Waals surface area contributed by atoms with Gasteiger partial charge in [-0.3, -0.25) is 4.79 Å². The average molecular weight is 591 g/mol. The number of halogens is 3. The fourth-order valence-corrected chi connectivity index (χ4v) is 4.40. The van der Waals surface area contributed by atoms with Crippen molar-refractivity contribution in [1.82, 2.24) is 9.66 Å². The van der Waals surface area contributed by atoms with E-state index in [2.05, 4.69) is 26.0 Å². The molecule has 7 nitrogen and oxygen atoms in total. The predicted octanol–water partition coefficient (Wildman–Crippen LogP) is 6.51. The summed E-state index contributed by atoms with van der Waals surface area (Å²) in [7, 11) is 3.06. The Morgan fingerprint density at radius 3 is 2.42 bits per heavy atom. The largest absolute Gasteiger partial charge is 0.493 e. The normalized spacial score (nSPS) is 11.3. The van der Waals surface area contributed by atoms with Crippen LogP contribution in [0.25, 0.3) is 10.9 Å². The van der Waals surface area contributed by atoms with Crippen LogP contribution in [0.4, 0.5) is 0 Å². The van der Waals surface area contributed by atoms with Gasteiger partial charge in [0.1, 0.15) is 12.4 Å². The summed E-state index contributed by atoms with van der Waals surface area (Å²) >= 11 is 15.7. The maximum atomic E-state index is 13.2. The third-order valence-electron chi connectivity index (χ3n) is 5.38. The number of aryl methyl sites for hydroxylation is 1. The topological polar surface area (TPSA) is 74.9 Å². The predicted molar refractivity (Wildman–Crippen MR) is 146 cm³/mol. The maximum absolute atomic E-state index is 13.2. The highest BCUT2D eigenvalue weighted by molar-refractivity contribution is 9.10. The number of hydrogen-bond acceptors (Lipinski definition) is 6. The Kier molecular flexibility index (Phi) is 8.18. The first kappa shape index (κ1) is 26.0. The molecule has 0 amide bonds. The second-order valence-corrected chi connectivity index (χ2v) is 9.44. The van der Waals surface area contributed by atoms with Crippen molar-refractivity contribution in [2.45, 2.75) is 20.0 Å². The Morgan fingerprint density at radius 2 is 1.78 bits per heavy atom. The molecule has 0 radical (unpaired) electrons. The molecule has 0 bridgehead atoms. The monoisotopic (exact) mass is 589 g/mol. The fourth-order valence-electron chi connectivity index (χ4n) is 3.57. The smallest absolute Gasteiger partial charge is 0.282 e. The third kappa shape index (κ3) is 5.51. The van der Waals surface area contributed by atoms with Crippen LogP contribution < -0.4 is 19.8 Å². The van der Waals surface area contributed by atoms with E-state index in [9.17, 15) is 4.79 Å². The van der Waals surface area contributed by atoms with Crippen molar-refractivity contribution in [3.05, 3.63) is 90.4 Å². The number of methoxy groups -OCH3 is 2. The molecule has 36 heavy (non-hydrogen) atoms. The van der Waals surface area contributed by atoms with Gasteiger partial charge in [-0.25, -0.2) is 4.98 Å². The molecule has 4 aromatic rings.